The van der Waals surface area contributed by atoms with Crippen molar-refractivity contribution in [2.75, 3.05) is 0 Å². The van der Waals surface area contributed by atoms with E-state index in [9.17, 15) is 9.59 Å². The zero-order valence-corrected chi connectivity index (χ0v) is 8.61. The van der Waals surface area contributed by atoms with Crippen molar-refractivity contribution in [2.24, 2.45) is 0 Å². The SMILES string of the molecule is Cc1ccc2c3c(cccc13)C(=O)OC2=O. The van der Waals surface area contributed by atoms with Crippen molar-refractivity contribution in [3.63, 3.8) is 0 Å². The van der Waals surface area contributed by atoms with Crippen LogP contribution < -0.4 is 0 Å². The van der Waals surface area contributed by atoms with Gasteiger partial charge in [-0.25, -0.2) is 9.59 Å². The number of ether oxygens (including phenoxy) is 1. The van der Waals surface area contributed by atoms with E-state index in [1.54, 1.807) is 18.2 Å². The topological polar surface area (TPSA) is 43.4 Å². The molecule has 3 rings (SSSR count). The first kappa shape index (κ1) is 9.09. The fraction of sp³-hybridized carbons (Fsp3) is 0.0769. The van der Waals surface area contributed by atoms with Crippen molar-refractivity contribution in [3.05, 3.63) is 47.0 Å². The van der Waals surface area contributed by atoms with Gasteiger partial charge in [0.15, 0.2) is 0 Å². The Kier molecular flexibility index (Phi) is 1.66. The van der Waals surface area contributed by atoms with Crippen LogP contribution in [0.4, 0.5) is 0 Å². The van der Waals surface area contributed by atoms with E-state index in [1.165, 1.54) is 0 Å². The Balaban J connectivity index is 2.57. The molecule has 3 nitrogen and oxygen atoms in total. The van der Waals surface area contributed by atoms with Crippen molar-refractivity contribution in [1.29, 1.82) is 0 Å². The molecule has 0 spiro atoms. The van der Waals surface area contributed by atoms with Crippen LogP contribution in [0.5, 0.6) is 0 Å². The molecule has 0 atom stereocenters. The third-order valence-corrected chi connectivity index (χ3v) is 2.88. The predicted octanol–water partition coefficient (Wildman–Crippen LogP) is 2.46. The average molecular weight is 212 g/mol. The summed E-state index contributed by atoms with van der Waals surface area (Å²) in [7, 11) is 0. The van der Waals surface area contributed by atoms with Crippen molar-refractivity contribution >= 4 is 22.7 Å². The van der Waals surface area contributed by atoms with Crippen LogP contribution in [-0.2, 0) is 4.74 Å². The quantitative estimate of drug-likeness (QED) is 0.497. The third kappa shape index (κ3) is 1.03. The summed E-state index contributed by atoms with van der Waals surface area (Å²) in [6.07, 6.45) is 0. The van der Waals surface area contributed by atoms with Gasteiger partial charge in [0, 0.05) is 5.39 Å². The number of cyclic esters (lactones) is 2. The molecule has 0 saturated heterocycles. The van der Waals surface area contributed by atoms with E-state index in [4.69, 9.17) is 0 Å². The Morgan fingerprint density at radius 1 is 0.938 bits per heavy atom. The normalized spacial score (nSPS) is 14.1. The number of rotatable bonds is 0. The summed E-state index contributed by atoms with van der Waals surface area (Å²) < 4.78 is 4.66. The fourth-order valence-corrected chi connectivity index (χ4v) is 2.09. The lowest BCUT2D eigenvalue weighted by atomic mass is 9.94. The zero-order chi connectivity index (χ0) is 11.3. The second-order valence-corrected chi connectivity index (χ2v) is 3.84. The summed E-state index contributed by atoms with van der Waals surface area (Å²) >= 11 is 0. The van der Waals surface area contributed by atoms with Crippen LogP contribution in [0, 0.1) is 6.92 Å². The summed E-state index contributed by atoms with van der Waals surface area (Å²) in [5, 5.41) is 1.64. The molecule has 0 fully saturated rings. The predicted molar refractivity (Wildman–Crippen MR) is 58.4 cm³/mol. The molecular weight excluding hydrogens is 204 g/mol. The Morgan fingerprint density at radius 3 is 2.38 bits per heavy atom. The van der Waals surface area contributed by atoms with E-state index in [2.05, 4.69) is 4.74 Å². The number of hydrogen-bond donors (Lipinski definition) is 0. The zero-order valence-electron chi connectivity index (χ0n) is 8.61. The van der Waals surface area contributed by atoms with E-state index in [-0.39, 0.29) is 0 Å². The van der Waals surface area contributed by atoms with Crippen LogP contribution in [0.2, 0.25) is 0 Å². The standard InChI is InChI=1S/C13H8O3/c1-7-5-6-10-11-8(7)3-2-4-9(11)12(14)16-13(10)15/h2-6H,1H3. The van der Waals surface area contributed by atoms with Crippen LogP contribution in [0.15, 0.2) is 30.3 Å². The summed E-state index contributed by atoms with van der Waals surface area (Å²) in [6.45, 7) is 1.95. The van der Waals surface area contributed by atoms with Gasteiger partial charge in [-0.05, 0) is 30.0 Å². The molecule has 0 N–H and O–H groups in total. The Hall–Kier alpha value is -2.16. The summed E-state index contributed by atoms with van der Waals surface area (Å²) in [4.78, 5) is 23.1. The molecule has 0 unspecified atom stereocenters. The van der Waals surface area contributed by atoms with Gasteiger partial charge in [0.2, 0.25) is 0 Å². The first-order valence-corrected chi connectivity index (χ1v) is 4.97. The van der Waals surface area contributed by atoms with Gasteiger partial charge in [0.25, 0.3) is 0 Å². The Labute approximate surface area is 91.6 Å². The molecule has 2 aromatic carbocycles. The molecule has 78 valence electrons. The van der Waals surface area contributed by atoms with Crippen LogP contribution in [0.25, 0.3) is 10.8 Å². The highest BCUT2D eigenvalue weighted by molar-refractivity contribution is 6.21. The monoisotopic (exact) mass is 212 g/mol. The van der Waals surface area contributed by atoms with E-state index in [0.717, 1.165) is 10.9 Å². The van der Waals surface area contributed by atoms with Gasteiger partial charge in [0.1, 0.15) is 0 Å². The third-order valence-electron chi connectivity index (χ3n) is 2.88. The lowest BCUT2D eigenvalue weighted by Crippen LogP contribution is -2.19. The van der Waals surface area contributed by atoms with Crippen molar-refractivity contribution < 1.29 is 14.3 Å². The van der Waals surface area contributed by atoms with Crippen molar-refractivity contribution in [2.45, 2.75) is 6.92 Å². The number of aryl methyl sites for hydroxylation is 1. The highest BCUT2D eigenvalue weighted by Gasteiger charge is 2.27. The van der Waals surface area contributed by atoms with Crippen molar-refractivity contribution in [3.8, 4) is 0 Å². The molecule has 1 aliphatic heterocycles. The molecule has 3 heteroatoms. The first-order chi connectivity index (χ1) is 7.68. The summed E-state index contributed by atoms with van der Waals surface area (Å²) in [5.74, 6) is -1.12. The maximum absolute atomic E-state index is 11.6. The van der Waals surface area contributed by atoms with E-state index >= 15 is 0 Å². The first-order valence-electron chi connectivity index (χ1n) is 4.97. The highest BCUT2D eigenvalue weighted by atomic mass is 16.6. The number of hydrogen-bond acceptors (Lipinski definition) is 3. The minimum atomic E-state index is -0.561. The van der Waals surface area contributed by atoms with Gasteiger partial charge in [-0.1, -0.05) is 18.2 Å². The van der Waals surface area contributed by atoms with Gasteiger partial charge >= 0.3 is 11.9 Å². The highest BCUT2D eigenvalue weighted by Crippen LogP contribution is 2.30. The number of carbonyl (C=O) groups is 2. The summed E-state index contributed by atoms with van der Waals surface area (Å²) in [5.41, 5.74) is 1.98. The van der Waals surface area contributed by atoms with Crippen LogP contribution in [-0.4, -0.2) is 11.9 Å². The maximum Gasteiger partial charge on any atom is 0.346 e. The molecule has 16 heavy (non-hydrogen) atoms. The number of carbonyl (C=O) groups excluding carboxylic acids is 2. The van der Waals surface area contributed by atoms with Crippen LogP contribution >= 0.6 is 0 Å². The number of benzene rings is 2. The van der Waals surface area contributed by atoms with E-state index in [0.29, 0.717) is 16.5 Å². The molecular formula is C13H8O3. The van der Waals surface area contributed by atoms with Gasteiger partial charge in [0.05, 0.1) is 11.1 Å². The summed E-state index contributed by atoms with van der Waals surface area (Å²) in [6, 6.07) is 8.95. The van der Waals surface area contributed by atoms with Crippen LogP contribution in [0.3, 0.4) is 0 Å². The van der Waals surface area contributed by atoms with Gasteiger partial charge in [-0.3, -0.25) is 0 Å². The largest absolute Gasteiger partial charge is 0.386 e. The molecule has 0 amide bonds. The van der Waals surface area contributed by atoms with E-state index < -0.39 is 11.9 Å². The molecule has 0 aliphatic carbocycles. The molecule has 1 heterocycles. The molecule has 0 saturated carbocycles. The van der Waals surface area contributed by atoms with E-state index in [1.807, 2.05) is 19.1 Å². The minimum absolute atomic E-state index is 0.468. The lowest BCUT2D eigenvalue weighted by Gasteiger charge is -2.16. The molecule has 0 aromatic heterocycles. The minimum Gasteiger partial charge on any atom is -0.386 e. The second-order valence-electron chi connectivity index (χ2n) is 3.84. The second kappa shape index (κ2) is 2.92. The Bertz CT molecular complexity index is 621. The van der Waals surface area contributed by atoms with Gasteiger partial charge < -0.3 is 4.74 Å². The molecule has 1 aliphatic rings. The molecule has 0 bridgehead atoms. The Morgan fingerprint density at radius 2 is 1.62 bits per heavy atom. The maximum atomic E-state index is 11.6. The van der Waals surface area contributed by atoms with Gasteiger partial charge in [-0.2, -0.15) is 0 Å². The smallest absolute Gasteiger partial charge is 0.346 e. The molecule has 0 radical (unpaired) electrons. The average Bonchev–Trinajstić information content (AvgIpc) is 2.27. The fourth-order valence-electron chi connectivity index (χ4n) is 2.09. The van der Waals surface area contributed by atoms with Crippen LogP contribution in [0.1, 0.15) is 26.3 Å². The van der Waals surface area contributed by atoms with Gasteiger partial charge in [-0.15, -0.1) is 0 Å². The number of esters is 2. The van der Waals surface area contributed by atoms with Crippen molar-refractivity contribution in [1.82, 2.24) is 0 Å². The lowest BCUT2D eigenvalue weighted by molar-refractivity contribution is 0.0391. The molecule has 2 aromatic rings.